The molecule has 8 heteroatoms. The monoisotopic (exact) mass is 384 g/mol. The van der Waals surface area contributed by atoms with Gasteiger partial charge in [0.2, 0.25) is 10.0 Å². The van der Waals surface area contributed by atoms with Gasteiger partial charge >= 0.3 is 0 Å². The number of hydrogen-bond donors (Lipinski definition) is 3. The molecule has 148 valence electrons. The molecule has 0 aliphatic rings. The number of ether oxygens (including phenoxy) is 1. The largest absolute Gasteiger partial charge is 0.494 e. The van der Waals surface area contributed by atoms with Crippen LogP contribution in [0.3, 0.4) is 0 Å². The highest BCUT2D eigenvalue weighted by Crippen LogP contribution is 2.21. The van der Waals surface area contributed by atoms with Gasteiger partial charge in [0.25, 0.3) is 0 Å². The Kier molecular flexibility index (Phi) is 10.0. The molecule has 26 heavy (non-hydrogen) atoms. The van der Waals surface area contributed by atoms with E-state index < -0.39 is 10.0 Å². The first-order valence-corrected chi connectivity index (χ1v) is 10.8. The van der Waals surface area contributed by atoms with Crippen molar-refractivity contribution in [1.29, 1.82) is 0 Å². The molecule has 1 rings (SSSR count). The van der Waals surface area contributed by atoms with Gasteiger partial charge in [-0.25, -0.2) is 18.1 Å². The highest BCUT2D eigenvalue weighted by atomic mass is 32.2. The SMILES string of the molecule is CCNC(=NCc1ccc(C)cc1OCC)NCCCNS(=O)(=O)CC. The molecule has 7 nitrogen and oxygen atoms in total. The van der Waals surface area contributed by atoms with Crippen LogP contribution in [0.25, 0.3) is 0 Å². The second-order valence-electron chi connectivity index (χ2n) is 5.82. The number of hydrogen-bond acceptors (Lipinski definition) is 4. The molecular formula is C18H32N4O3S. The molecule has 0 aromatic heterocycles. The van der Waals surface area contributed by atoms with Gasteiger partial charge in [-0.3, -0.25) is 0 Å². The summed E-state index contributed by atoms with van der Waals surface area (Å²) in [6.07, 6.45) is 0.679. The molecule has 0 unspecified atom stereocenters. The number of benzene rings is 1. The summed E-state index contributed by atoms with van der Waals surface area (Å²) in [7, 11) is -3.13. The Hall–Kier alpha value is -1.80. The van der Waals surface area contributed by atoms with Gasteiger partial charge < -0.3 is 15.4 Å². The molecule has 0 heterocycles. The van der Waals surface area contributed by atoms with Crippen molar-refractivity contribution in [2.45, 2.75) is 40.7 Å². The maximum Gasteiger partial charge on any atom is 0.211 e. The van der Waals surface area contributed by atoms with Crippen LogP contribution in [-0.2, 0) is 16.6 Å². The molecule has 0 spiro atoms. The lowest BCUT2D eigenvalue weighted by molar-refractivity contribution is 0.336. The Labute approximate surface area is 157 Å². The van der Waals surface area contributed by atoms with E-state index in [1.807, 2.05) is 39.0 Å². The molecule has 0 saturated heterocycles. The lowest BCUT2D eigenvalue weighted by Gasteiger charge is -2.13. The summed E-state index contributed by atoms with van der Waals surface area (Å²) in [6.45, 7) is 10.5. The van der Waals surface area contributed by atoms with Crippen LogP contribution in [0, 0.1) is 6.92 Å². The molecule has 0 fully saturated rings. The van der Waals surface area contributed by atoms with E-state index in [-0.39, 0.29) is 5.75 Å². The molecule has 0 aliphatic heterocycles. The van der Waals surface area contributed by atoms with Crippen molar-refractivity contribution in [1.82, 2.24) is 15.4 Å². The van der Waals surface area contributed by atoms with Gasteiger partial charge in [-0.1, -0.05) is 12.1 Å². The fourth-order valence-corrected chi connectivity index (χ4v) is 2.87. The number of nitrogens with zero attached hydrogens (tertiary/aromatic N) is 1. The minimum absolute atomic E-state index is 0.100. The quantitative estimate of drug-likeness (QED) is 0.307. The molecule has 1 aromatic rings. The lowest BCUT2D eigenvalue weighted by Crippen LogP contribution is -2.38. The Balaban J connectivity index is 2.58. The zero-order chi connectivity index (χ0) is 19.4. The Bertz CT molecular complexity index is 675. The van der Waals surface area contributed by atoms with Gasteiger partial charge in [-0.05, 0) is 45.7 Å². The average Bonchev–Trinajstić information content (AvgIpc) is 2.60. The van der Waals surface area contributed by atoms with Crippen molar-refractivity contribution in [2.24, 2.45) is 4.99 Å². The maximum atomic E-state index is 11.4. The first-order valence-electron chi connectivity index (χ1n) is 9.13. The lowest BCUT2D eigenvalue weighted by atomic mass is 10.1. The summed E-state index contributed by atoms with van der Waals surface area (Å²) < 4.78 is 31.0. The van der Waals surface area contributed by atoms with E-state index in [9.17, 15) is 8.42 Å². The highest BCUT2D eigenvalue weighted by molar-refractivity contribution is 7.89. The molecule has 0 bridgehead atoms. The molecule has 1 aromatic carbocycles. The zero-order valence-electron chi connectivity index (χ0n) is 16.3. The van der Waals surface area contributed by atoms with E-state index in [1.54, 1.807) is 6.92 Å². The van der Waals surface area contributed by atoms with Gasteiger partial charge in [0.15, 0.2) is 5.96 Å². The van der Waals surface area contributed by atoms with E-state index in [4.69, 9.17) is 4.74 Å². The third-order valence-electron chi connectivity index (χ3n) is 3.62. The summed E-state index contributed by atoms with van der Waals surface area (Å²) >= 11 is 0. The molecule has 0 saturated carbocycles. The topological polar surface area (TPSA) is 91.8 Å². The van der Waals surface area contributed by atoms with Crippen LogP contribution in [0.2, 0.25) is 0 Å². The molecule has 0 radical (unpaired) electrons. The number of aryl methyl sites for hydroxylation is 1. The number of sulfonamides is 1. The average molecular weight is 385 g/mol. The smallest absolute Gasteiger partial charge is 0.211 e. The number of guanidine groups is 1. The Morgan fingerprint density at radius 1 is 1.15 bits per heavy atom. The third kappa shape index (κ3) is 8.53. The number of nitrogens with one attached hydrogen (secondary N) is 3. The second kappa shape index (κ2) is 11.7. The fourth-order valence-electron chi connectivity index (χ4n) is 2.21. The Morgan fingerprint density at radius 3 is 2.58 bits per heavy atom. The van der Waals surface area contributed by atoms with Crippen molar-refractivity contribution in [3.8, 4) is 5.75 Å². The van der Waals surface area contributed by atoms with Crippen molar-refractivity contribution >= 4 is 16.0 Å². The van der Waals surface area contributed by atoms with Gasteiger partial charge in [-0.15, -0.1) is 0 Å². The van der Waals surface area contributed by atoms with Crippen LogP contribution in [0.1, 0.15) is 38.3 Å². The summed E-state index contributed by atoms with van der Waals surface area (Å²) in [5, 5.41) is 6.41. The van der Waals surface area contributed by atoms with Gasteiger partial charge in [0.05, 0.1) is 18.9 Å². The predicted molar refractivity (Wildman–Crippen MR) is 107 cm³/mol. The summed E-state index contributed by atoms with van der Waals surface area (Å²) in [5.41, 5.74) is 2.19. The summed E-state index contributed by atoms with van der Waals surface area (Å²) in [6, 6.07) is 6.11. The van der Waals surface area contributed by atoms with Gasteiger partial charge in [0.1, 0.15) is 5.75 Å². The van der Waals surface area contributed by atoms with Crippen molar-refractivity contribution in [3.05, 3.63) is 29.3 Å². The van der Waals surface area contributed by atoms with Crippen molar-refractivity contribution in [3.63, 3.8) is 0 Å². The van der Waals surface area contributed by atoms with Crippen molar-refractivity contribution in [2.75, 3.05) is 32.0 Å². The molecule has 3 N–H and O–H groups in total. The predicted octanol–water partition coefficient (Wildman–Crippen LogP) is 1.78. The van der Waals surface area contributed by atoms with Crippen LogP contribution in [0.5, 0.6) is 5.75 Å². The minimum Gasteiger partial charge on any atom is -0.494 e. The minimum atomic E-state index is -3.13. The summed E-state index contributed by atoms with van der Waals surface area (Å²) in [4.78, 5) is 4.59. The molecule has 0 amide bonds. The number of rotatable bonds is 11. The molecule has 0 aliphatic carbocycles. The van der Waals surface area contributed by atoms with E-state index in [0.29, 0.717) is 38.6 Å². The standard InChI is InChI=1S/C18H32N4O3S/c1-5-19-18(20-11-8-12-22-26(23,24)7-3)21-14-16-10-9-15(4)13-17(16)25-6-2/h9-10,13,22H,5-8,11-12,14H2,1-4H3,(H2,19,20,21). The van der Waals surface area contributed by atoms with Crippen LogP contribution >= 0.6 is 0 Å². The summed E-state index contributed by atoms with van der Waals surface area (Å²) in [5.74, 6) is 1.67. The van der Waals surface area contributed by atoms with E-state index in [2.05, 4.69) is 20.3 Å². The first-order chi connectivity index (χ1) is 12.4. The number of aliphatic imine (C=N–C) groups is 1. The molecule has 0 atom stereocenters. The zero-order valence-corrected chi connectivity index (χ0v) is 17.1. The van der Waals surface area contributed by atoms with E-state index >= 15 is 0 Å². The van der Waals surface area contributed by atoms with Crippen LogP contribution in [0.4, 0.5) is 0 Å². The fraction of sp³-hybridized carbons (Fsp3) is 0.611. The van der Waals surface area contributed by atoms with Gasteiger partial charge in [-0.2, -0.15) is 0 Å². The normalized spacial score (nSPS) is 12.1. The van der Waals surface area contributed by atoms with Crippen LogP contribution < -0.4 is 20.1 Å². The van der Waals surface area contributed by atoms with E-state index in [0.717, 1.165) is 23.4 Å². The Morgan fingerprint density at radius 2 is 1.92 bits per heavy atom. The van der Waals surface area contributed by atoms with Crippen molar-refractivity contribution < 1.29 is 13.2 Å². The van der Waals surface area contributed by atoms with E-state index in [1.165, 1.54) is 0 Å². The maximum absolute atomic E-state index is 11.4. The third-order valence-corrected chi connectivity index (χ3v) is 5.03. The highest BCUT2D eigenvalue weighted by Gasteiger charge is 2.06. The van der Waals surface area contributed by atoms with Gasteiger partial charge in [0, 0.05) is 25.2 Å². The molecular weight excluding hydrogens is 352 g/mol. The second-order valence-corrected chi connectivity index (χ2v) is 7.91. The van der Waals surface area contributed by atoms with Crippen LogP contribution in [-0.4, -0.2) is 46.4 Å². The first kappa shape index (κ1) is 22.2. The van der Waals surface area contributed by atoms with Crippen LogP contribution in [0.15, 0.2) is 23.2 Å².